The third-order valence-electron chi connectivity index (χ3n) is 3.97. The van der Waals surface area contributed by atoms with Crippen LogP contribution in [0.2, 0.25) is 0 Å². The molecule has 1 aromatic heterocycles. The van der Waals surface area contributed by atoms with Gasteiger partial charge in [-0.1, -0.05) is 0 Å². The van der Waals surface area contributed by atoms with Gasteiger partial charge in [0.2, 0.25) is 0 Å². The van der Waals surface area contributed by atoms with Crippen molar-refractivity contribution in [3.8, 4) is 0 Å². The number of H-pyrrole nitrogens is 1. The van der Waals surface area contributed by atoms with Crippen molar-refractivity contribution in [3.05, 3.63) is 34.2 Å². The van der Waals surface area contributed by atoms with Crippen LogP contribution in [0, 0.1) is 0 Å². The molecule has 2 N–H and O–H groups in total. The maximum Gasteiger partial charge on any atom is 0.326 e. The number of benzene rings is 1. The molecule has 0 saturated heterocycles. The molecular weight excluding hydrogens is 312 g/mol. The zero-order chi connectivity index (χ0) is 17.3. The van der Waals surface area contributed by atoms with Crippen LogP contribution in [0.3, 0.4) is 0 Å². The standard InChI is InChI=1S/C16H20N4O4/c1-3-24-19(2)14(21)9-17-15(22)10-4-7-12-13(8-10)20(11-5-6-11)16(23)18-12/h4,7-8,11H,3,5-6,9H2,1-2H3,(H,17,22)(H,18,23). The summed E-state index contributed by atoms with van der Waals surface area (Å²) in [5, 5.41) is 3.66. The smallest absolute Gasteiger partial charge is 0.326 e. The van der Waals surface area contributed by atoms with Gasteiger partial charge in [0.05, 0.1) is 24.2 Å². The van der Waals surface area contributed by atoms with Crippen molar-refractivity contribution >= 4 is 22.8 Å². The maximum absolute atomic E-state index is 12.3. The van der Waals surface area contributed by atoms with Crippen molar-refractivity contribution in [2.24, 2.45) is 0 Å². The molecule has 1 aliphatic carbocycles. The summed E-state index contributed by atoms with van der Waals surface area (Å²) >= 11 is 0. The van der Waals surface area contributed by atoms with Gasteiger partial charge in [0, 0.05) is 18.7 Å². The van der Waals surface area contributed by atoms with E-state index in [-0.39, 0.29) is 30.1 Å². The zero-order valence-electron chi connectivity index (χ0n) is 13.7. The Labute approximate surface area is 138 Å². The molecule has 1 heterocycles. The average molecular weight is 332 g/mol. The van der Waals surface area contributed by atoms with E-state index in [1.807, 2.05) is 0 Å². The van der Waals surface area contributed by atoms with Crippen LogP contribution in [-0.4, -0.2) is 46.6 Å². The Morgan fingerprint density at radius 3 is 2.83 bits per heavy atom. The fraction of sp³-hybridized carbons (Fsp3) is 0.438. The number of rotatable bonds is 6. The molecule has 0 radical (unpaired) electrons. The highest BCUT2D eigenvalue weighted by molar-refractivity contribution is 5.99. The third-order valence-corrected chi connectivity index (χ3v) is 3.97. The quantitative estimate of drug-likeness (QED) is 0.765. The second-order valence-corrected chi connectivity index (χ2v) is 5.75. The van der Waals surface area contributed by atoms with Crippen molar-refractivity contribution < 1.29 is 14.4 Å². The van der Waals surface area contributed by atoms with Crippen LogP contribution in [0.15, 0.2) is 23.0 Å². The van der Waals surface area contributed by atoms with Crippen molar-refractivity contribution in [1.82, 2.24) is 19.9 Å². The topological polar surface area (TPSA) is 96.4 Å². The summed E-state index contributed by atoms with van der Waals surface area (Å²) in [5.41, 5.74) is 1.67. The van der Waals surface area contributed by atoms with Gasteiger partial charge in [0.1, 0.15) is 0 Å². The zero-order valence-corrected chi connectivity index (χ0v) is 13.7. The first-order valence-corrected chi connectivity index (χ1v) is 7.93. The van der Waals surface area contributed by atoms with E-state index < -0.39 is 0 Å². The van der Waals surface area contributed by atoms with Crippen molar-refractivity contribution in [1.29, 1.82) is 0 Å². The fourth-order valence-electron chi connectivity index (χ4n) is 2.59. The minimum atomic E-state index is -0.369. The predicted molar refractivity (Wildman–Crippen MR) is 87.6 cm³/mol. The molecule has 1 fully saturated rings. The Hall–Kier alpha value is -2.61. The Bertz CT molecular complexity index is 834. The molecule has 0 aliphatic heterocycles. The van der Waals surface area contributed by atoms with Gasteiger partial charge in [-0.2, -0.15) is 0 Å². The van der Waals surface area contributed by atoms with E-state index in [1.165, 1.54) is 7.05 Å². The Morgan fingerprint density at radius 1 is 1.42 bits per heavy atom. The predicted octanol–water partition coefficient (Wildman–Crippen LogP) is 0.804. The molecule has 1 saturated carbocycles. The molecular formula is C16H20N4O4. The van der Waals surface area contributed by atoms with E-state index in [4.69, 9.17) is 4.84 Å². The Balaban J connectivity index is 1.74. The van der Waals surface area contributed by atoms with Gasteiger partial charge < -0.3 is 10.3 Å². The molecule has 24 heavy (non-hydrogen) atoms. The normalized spacial score (nSPS) is 13.9. The fourth-order valence-corrected chi connectivity index (χ4v) is 2.59. The lowest BCUT2D eigenvalue weighted by molar-refractivity contribution is -0.175. The van der Waals surface area contributed by atoms with Gasteiger partial charge in [-0.3, -0.25) is 19.0 Å². The number of hydroxylamine groups is 2. The molecule has 3 rings (SSSR count). The second-order valence-electron chi connectivity index (χ2n) is 5.75. The number of aromatic amines is 1. The summed E-state index contributed by atoms with van der Waals surface area (Å²) in [6, 6.07) is 5.23. The monoisotopic (exact) mass is 332 g/mol. The first kappa shape index (κ1) is 16.3. The number of fused-ring (bicyclic) bond motifs is 1. The van der Waals surface area contributed by atoms with E-state index in [0.29, 0.717) is 23.2 Å². The van der Waals surface area contributed by atoms with Gasteiger partial charge in [-0.25, -0.2) is 9.86 Å². The van der Waals surface area contributed by atoms with E-state index in [0.717, 1.165) is 17.9 Å². The van der Waals surface area contributed by atoms with Crippen molar-refractivity contribution in [2.45, 2.75) is 25.8 Å². The van der Waals surface area contributed by atoms with Gasteiger partial charge in [0.25, 0.3) is 11.8 Å². The lowest BCUT2D eigenvalue weighted by Gasteiger charge is -2.15. The molecule has 0 spiro atoms. The minimum Gasteiger partial charge on any atom is -0.343 e. The number of amides is 2. The van der Waals surface area contributed by atoms with Gasteiger partial charge in [-0.05, 0) is 38.0 Å². The molecule has 2 amide bonds. The maximum atomic E-state index is 12.3. The molecule has 0 unspecified atom stereocenters. The number of aromatic nitrogens is 2. The van der Waals surface area contributed by atoms with Crippen molar-refractivity contribution in [2.75, 3.05) is 20.2 Å². The lowest BCUT2D eigenvalue weighted by Crippen LogP contribution is -2.38. The largest absolute Gasteiger partial charge is 0.343 e. The third kappa shape index (κ3) is 3.18. The van der Waals surface area contributed by atoms with Gasteiger partial charge in [0.15, 0.2) is 0 Å². The molecule has 0 atom stereocenters. The molecule has 0 bridgehead atoms. The summed E-state index contributed by atoms with van der Waals surface area (Å²) in [6.45, 7) is 1.99. The number of likely N-dealkylation sites (N-methyl/N-ethyl adjacent to an activating group) is 1. The summed E-state index contributed by atoms with van der Waals surface area (Å²) in [7, 11) is 1.50. The van der Waals surface area contributed by atoms with Crippen LogP contribution >= 0.6 is 0 Å². The number of nitrogens with zero attached hydrogens (tertiary/aromatic N) is 2. The highest BCUT2D eigenvalue weighted by Crippen LogP contribution is 2.35. The highest BCUT2D eigenvalue weighted by Gasteiger charge is 2.27. The second kappa shape index (κ2) is 6.48. The number of carbonyl (C=O) groups excluding carboxylic acids is 2. The summed E-state index contributed by atoms with van der Waals surface area (Å²) in [5.74, 6) is -0.714. The molecule has 8 heteroatoms. The number of carbonyl (C=O) groups is 2. The van der Waals surface area contributed by atoms with Crippen LogP contribution < -0.4 is 11.0 Å². The SMILES string of the molecule is CCON(C)C(=O)CNC(=O)c1ccc2[nH]c(=O)n(C3CC3)c2c1. The highest BCUT2D eigenvalue weighted by atomic mass is 16.7. The molecule has 8 nitrogen and oxygen atoms in total. The van der Waals surface area contributed by atoms with E-state index in [1.54, 1.807) is 29.7 Å². The van der Waals surface area contributed by atoms with E-state index in [2.05, 4.69) is 10.3 Å². The number of nitrogens with one attached hydrogen (secondary N) is 2. The van der Waals surface area contributed by atoms with Crippen LogP contribution in [0.25, 0.3) is 11.0 Å². The first-order valence-electron chi connectivity index (χ1n) is 7.93. The van der Waals surface area contributed by atoms with Crippen LogP contribution in [-0.2, 0) is 9.63 Å². The van der Waals surface area contributed by atoms with E-state index >= 15 is 0 Å². The van der Waals surface area contributed by atoms with Gasteiger partial charge in [-0.15, -0.1) is 0 Å². The molecule has 1 aliphatic rings. The molecule has 1 aromatic carbocycles. The Kier molecular flexibility index (Phi) is 4.39. The number of imidazole rings is 1. The van der Waals surface area contributed by atoms with Crippen molar-refractivity contribution in [3.63, 3.8) is 0 Å². The summed E-state index contributed by atoms with van der Waals surface area (Å²) in [6.07, 6.45) is 1.95. The van der Waals surface area contributed by atoms with Crippen LogP contribution in [0.1, 0.15) is 36.2 Å². The molecule has 128 valence electrons. The summed E-state index contributed by atoms with van der Waals surface area (Å²) < 4.78 is 1.69. The lowest BCUT2D eigenvalue weighted by atomic mass is 10.2. The van der Waals surface area contributed by atoms with Crippen LogP contribution in [0.4, 0.5) is 0 Å². The minimum absolute atomic E-state index is 0.154. The number of hydrogen-bond donors (Lipinski definition) is 2. The van der Waals surface area contributed by atoms with E-state index in [9.17, 15) is 14.4 Å². The van der Waals surface area contributed by atoms with Crippen LogP contribution in [0.5, 0.6) is 0 Å². The summed E-state index contributed by atoms with van der Waals surface area (Å²) in [4.78, 5) is 43.9. The number of hydrogen-bond acceptors (Lipinski definition) is 4. The average Bonchev–Trinajstić information content (AvgIpc) is 3.33. The Morgan fingerprint density at radius 2 is 2.17 bits per heavy atom. The first-order chi connectivity index (χ1) is 11.5. The van der Waals surface area contributed by atoms with Gasteiger partial charge >= 0.3 is 5.69 Å². The molecule has 2 aromatic rings.